The number of carbonyl (C=O) groups excluding carboxylic acids is 1. The summed E-state index contributed by atoms with van der Waals surface area (Å²) in [4.78, 5) is 18.7. The summed E-state index contributed by atoms with van der Waals surface area (Å²) in [5.74, 6) is 1.19. The Morgan fingerprint density at radius 2 is 1.93 bits per heavy atom. The molecule has 0 bridgehead atoms. The zero-order valence-electron chi connectivity index (χ0n) is 17.3. The Hall–Kier alpha value is -1.30. The van der Waals surface area contributed by atoms with Gasteiger partial charge in [-0.3, -0.25) is 9.79 Å². The van der Waals surface area contributed by atoms with Crippen LogP contribution in [0.4, 0.5) is 0 Å². The molecular weight excluding hydrogens is 340 g/mol. The number of carbonyl (C=O) groups is 1. The monoisotopic (exact) mass is 380 g/mol. The van der Waals surface area contributed by atoms with Gasteiger partial charge in [0.2, 0.25) is 5.91 Å². The van der Waals surface area contributed by atoms with Crippen LogP contribution >= 0.6 is 0 Å². The molecule has 0 aromatic rings. The molecule has 2 fully saturated rings. The molecule has 27 heavy (non-hydrogen) atoms. The topological polar surface area (TPSA) is 66.0 Å². The SMILES string of the molecule is CCNC(=NCCCN1CCCCCC1=O)NCCCOC1CCCCC1. The minimum atomic E-state index is 0.319. The maximum Gasteiger partial charge on any atom is 0.222 e. The van der Waals surface area contributed by atoms with Crippen LogP contribution in [0.25, 0.3) is 0 Å². The van der Waals surface area contributed by atoms with Crippen molar-refractivity contribution >= 4 is 11.9 Å². The molecule has 6 nitrogen and oxygen atoms in total. The number of aliphatic imine (C=N–C) groups is 1. The van der Waals surface area contributed by atoms with Gasteiger partial charge < -0.3 is 20.3 Å². The van der Waals surface area contributed by atoms with E-state index in [1.54, 1.807) is 0 Å². The molecule has 1 heterocycles. The van der Waals surface area contributed by atoms with Crippen LogP contribution in [-0.4, -0.2) is 62.2 Å². The molecule has 1 saturated carbocycles. The first kappa shape index (κ1) is 22.0. The second kappa shape index (κ2) is 13.8. The zero-order chi connectivity index (χ0) is 19.2. The van der Waals surface area contributed by atoms with Crippen molar-refractivity contribution in [1.82, 2.24) is 15.5 Å². The third-order valence-corrected chi connectivity index (χ3v) is 5.39. The van der Waals surface area contributed by atoms with E-state index in [4.69, 9.17) is 4.74 Å². The summed E-state index contributed by atoms with van der Waals surface area (Å²) in [6, 6.07) is 0. The normalized spacial score (nSPS) is 19.8. The molecule has 0 aromatic heterocycles. The second-order valence-electron chi connectivity index (χ2n) is 7.72. The number of hydrogen-bond donors (Lipinski definition) is 2. The van der Waals surface area contributed by atoms with Crippen molar-refractivity contribution in [2.24, 2.45) is 4.99 Å². The lowest BCUT2D eigenvalue weighted by atomic mass is 9.98. The van der Waals surface area contributed by atoms with E-state index in [2.05, 4.69) is 22.5 Å². The summed E-state index contributed by atoms with van der Waals surface area (Å²) in [5, 5.41) is 6.69. The van der Waals surface area contributed by atoms with Crippen molar-refractivity contribution in [3.63, 3.8) is 0 Å². The van der Waals surface area contributed by atoms with E-state index in [9.17, 15) is 4.79 Å². The molecule has 2 rings (SSSR count). The Balaban J connectivity index is 1.57. The number of nitrogens with zero attached hydrogens (tertiary/aromatic N) is 2. The van der Waals surface area contributed by atoms with Gasteiger partial charge in [-0.1, -0.05) is 25.7 Å². The number of nitrogens with one attached hydrogen (secondary N) is 2. The van der Waals surface area contributed by atoms with E-state index in [0.717, 1.165) is 77.4 Å². The predicted octanol–water partition coefficient (Wildman–Crippen LogP) is 3.07. The molecule has 0 atom stereocenters. The number of guanidine groups is 1. The average molecular weight is 381 g/mol. The van der Waals surface area contributed by atoms with Crippen molar-refractivity contribution in [1.29, 1.82) is 0 Å². The fourth-order valence-electron chi connectivity index (χ4n) is 3.83. The predicted molar refractivity (Wildman–Crippen MR) is 111 cm³/mol. The van der Waals surface area contributed by atoms with Gasteiger partial charge in [0, 0.05) is 45.8 Å². The standard InChI is InChI=1S/C21H40N4O2/c1-2-22-21(24-15-10-18-27-19-11-5-3-6-12-19)23-14-9-17-25-16-8-4-7-13-20(25)26/h19H,2-18H2,1H3,(H2,22,23,24). The lowest BCUT2D eigenvalue weighted by molar-refractivity contribution is -0.130. The van der Waals surface area contributed by atoms with Crippen molar-refractivity contribution in [3.05, 3.63) is 0 Å². The number of rotatable bonds is 10. The Kier molecular flexibility index (Phi) is 11.2. The van der Waals surface area contributed by atoms with Gasteiger partial charge in [0.15, 0.2) is 5.96 Å². The van der Waals surface area contributed by atoms with E-state index in [0.29, 0.717) is 12.0 Å². The fraction of sp³-hybridized carbons (Fsp3) is 0.905. The Labute approximate surface area is 165 Å². The Bertz CT molecular complexity index is 436. The first-order valence-corrected chi connectivity index (χ1v) is 11.2. The van der Waals surface area contributed by atoms with E-state index in [-0.39, 0.29) is 0 Å². The van der Waals surface area contributed by atoms with Crippen LogP contribution in [0.3, 0.4) is 0 Å². The summed E-state index contributed by atoms with van der Waals surface area (Å²) in [6.07, 6.45) is 13.0. The molecule has 1 aliphatic heterocycles. The number of amides is 1. The zero-order valence-corrected chi connectivity index (χ0v) is 17.3. The summed E-state index contributed by atoms with van der Waals surface area (Å²) in [5.41, 5.74) is 0. The molecule has 2 N–H and O–H groups in total. The highest BCUT2D eigenvalue weighted by atomic mass is 16.5. The van der Waals surface area contributed by atoms with Crippen LogP contribution in [0.1, 0.15) is 77.6 Å². The van der Waals surface area contributed by atoms with Gasteiger partial charge >= 0.3 is 0 Å². The molecule has 6 heteroatoms. The molecule has 1 aliphatic carbocycles. The Morgan fingerprint density at radius 1 is 1.11 bits per heavy atom. The maximum absolute atomic E-state index is 12.0. The summed E-state index contributed by atoms with van der Waals surface area (Å²) < 4.78 is 5.97. The van der Waals surface area contributed by atoms with Crippen molar-refractivity contribution in [2.75, 3.05) is 39.3 Å². The van der Waals surface area contributed by atoms with Gasteiger partial charge in [0.25, 0.3) is 0 Å². The molecule has 2 aliphatic rings. The summed E-state index contributed by atoms with van der Waals surface area (Å²) >= 11 is 0. The van der Waals surface area contributed by atoms with Gasteiger partial charge in [0.1, 0.15) is 0 Å². The second-order valence-corrected chi connectivity index (χ2v) is 7.72. The highest BCUT2D eigenvalue weighted by molar-refractivity contribution is 5.79. The largest absolute Gasteiger partial charge is 0.378 e. The lowest BCUT2D eigenvalue weighted by Gasteiger charge is -2.22. The van der Waals surface area contributed by atoms with Crippen LogP contribution in [-0.2, 0) is 9.53 Å². The maximum atomic E-state index is 12.0. The van der Waals surface area contributed by atoms with E-state index in [1.165, 1.54) is 38.5 Å². The summed E-state index contributed by atoms with van der Waals surface area (Å²) in [6.45, 7) is 7.14. The number of ether oxygens (including phenoxy) is 1. The van der Waals surface area contributed by atoms with Crippen LogP contribution in [0.5, 0.6) is 0 Å². The molecule has 0 aromatic carbocycles. The van der Waals surface area contributed by atoms with Crippen molar-refractivity contribution < 1.29 is 9.53 Å². The van der Waals surface area contributed by atoms with Crippen LogP contribution in [0, 0.1) is 0 Å². The van der Waals surface area contributed by atoms with Gasteiger partial charge in [-0.05, 0) is 45.4 Å². The van der Waals surface area contributed by atoms with E-state index < -0.39 is 0 Å². The summed E-state index contributed by atoms with van der Waals surface area (Å²) in [7, 11) is 0. The highest BCUT2D eigenvalue weighted by Gasteiger charge is 2.15. The molecule has 0 unspecified atom stereocenters. The van der Waals surface area contributed by atoms with Crippen LogP contribution in [0.2, 0.25) is 0 Å². The first-order valence-electron chi connectivity index (χ1n) is 11.2. The molecule has 1 amide bonds. The van der Waals surface area contributed by atoms with Gasteiger partial charge in [0.05, 0.1) is 6.10 Å². The van der Waals surface area contributed by atoms with Gasteiger partial charge in [-0.15, -0.1) is 0 Å². The molecule has 0 radical (unpaired) electrons. The van der Waals surface area contributed by atoms with Crippen LogP contribution in [0.15, 0.2) is 4.99 Å². The fourth-order valence-corrected chi connectivity index (χ4v) is 3.83. The third kappa shape index (κ3) is 9.45. The van der Waals surface area contributed by atoms with Gasteiger partial charge in [-0.2, -0.15) is 0 Å². The minimum absolute atomic E-state index is 0.319. The van der Waals surface area contributed by atoms with Crippen molar-refractivity contribution in [3.8, 4) is 0 Å². The number of likely N-dealkylation sites (tertiary alicyclic amines) is 1. The third-order valence-electron chi connectivity index (χ3n) is 5.39. The smallest absolute Gasteiger partial charge is 0.222 e. The highest BCUT2D eigenvalue weighted by Crippen LogP contribution is 2.20. The minimum Gasteiger partial charge on any atom is -0.378 e. The van der Waals surface area contributed by atoms with E-state index in [1.807, 2.05) is 4.90 Å². The van der Waals surface area contributed by atoms with Gasteiger partial charge in [-0.25, -0.2) is 0 Å². The lowest BCUT2D eigenvalue weighted by Crippen LogP contribution is -2.38. The van der Waals surface area contributed by atoms with Crippen molar-refractivity contribution in [2.45, 2.75) is 83.7 Å². The quantitative estimate of drug-likeness (QED) is 0.347. The first-order chi connectivity index (χ1) is 13.3. The molecular formula is C21H40N4O2. The molecule has 156 valence electrons. The number of hydrogen-bond acceptors (Lipinski definition) is 3. The van der Waals surface area contributed by atoms with Crippen LogP contribution < -0.4 is 10.6 Å². The molecule has 1 saturated heterocycles. The average Bonchev–Trinajstić information content (AvgIpc) is 2.90. The molecule has 0 spiro atoms. The van der Waals surface area contributed by atoms with E-state index >= 15 is 0 Å². The Morgan fingerprint density at radius 3 is 2.74 bits per heavy atom.